The fourth-order valence-corrected chi connectivity index (χ4v) is 4.43. The highest BCUT2D eigenvalue weighted by atomic mass is 32.2. The van der Waals surface area contributed by atoms with E-state index >= 15 is 0 Å². The van der Waals surface area contributed by atoms with Crippen molar-refractivity contribution in [1.82, 2.24) is 4.98 Å². The first-order chi connectivity index (χ1) is 18.0. The number of rotatable bonds is 15. The van der Waals surface area contributed by atoms with Crippen LogP contribution in [0.1, 0.15) is 17.5 Å². The Balaban J connectivity index is 2.58. The van der Waals surface area contributed by atoms with Gasteiger partial charge in [-0.1, -0.05) is 13.2 Å². The largest absolute Gasteiger partial charge is 0.494 e. The summed E-state index contributed by atoms with van der Waals surface area (Å²) in [6.07, 6.45) is 0.642. The summed E-state index contributed by atoms with van der Waals surface area (Å²) in [5, 5.41) is 26.1. The number of benzene rings is 1. The van der Waals surface area contributed by atoms with Crippen LogP contribution in [-0.4, -0.2) is 61.5 Å². The van der Waals surface area contributed by atoms with Gasteiger partial charge >= 0.3 is 0 Å². The third-order valence-electron chi connectivity index (χ3n) is 5.23. The Labute approximate surface area is 222 Å². The van der Waals surface area contributed by atoms with E-state index in [9.17, 15) is 22.1 Å². The van der Waals surface area contributed by atoms with E-state index in [0.29, 0.717) is 25.1 Å². The predicted octanol–water partition coefficient (Wildman–Crippen LogP) is 4.02. The lowest BCUT2D eigenvalue weighted by Crippen LogP contribution is -2.16. The Morgan fingerprint density at radius 1 is 1.08 bits per heavy atom. The van der Waals surface area contributed by atoms with Gasteiger partial charge in [0.15, 0.2) is 25.5 Å². The summed E-state index contributed by atoms with van der Waals surface area (Å²) in [6, 6.07) is 6.18. The average Bonchev–Trinajstić information content (AvgIpc) is 2.90. The van der Waals surface area contributed by atoms with Crippen LogP contribution >= 0.6 is 0 Å². The van der Waals surface area contributed by atoms with E-state index in [1.54, 1.807) is 14.0 Å². The minimum Gasteiger partial charge on any atom is -0.494 e. The molecule has 2 N–H and O–H groups in total. The van der Waals surface area contributed by atoms with Crippen molar-refractivity contribution in [2.45, 2.75) is 18.2 Å². The number of nitrogens with one attached hydrogen (secondary N) is 2. The molecule has 0 radical (unpaired) electrons. The van der Waals surface area contributed by atoms with E-state index in [4.69, 9.17) is 9.47 Å². The van der Waals surface area contributed by atoms with Gasteiger partial charge in [0, 0.05) is 43.2 Å². The van der Waals surface area contributed by atoms with E-state index < -0.39 is 19.7 Å². The number of azo groups is 1. The van der Waals surface area contributed by atoms with Crippen LogP contribution < -0.4 is 15.4 Å². The number of methoxy groups -OCH3 is 2. The molecule has 12 nitrogen and oxygen atoms in total. The fraction of sp³-hybridized carbons (Fsp3) is 0.333. The second kappa shape index (κ2) is 13.7. The van der Waals surface area contributed by atoms with Gasteiger partial charge in [-0.15, -0.1) is 10.2 Å². The Kier molecular flexibility index (Phi) is 10.9. The van der Waals surface area contributed by atoms with E-state index in [2.05, 4.69) is 45.1 Å². The van der Waals surface area contributed by atoms with Gasteiger partial charge in [-0.25, -0.2) is 21.8 Å². The highest BCUT2D eigenvalue weighted by molar-refractivity contribution is 7.94. The molecule has 0 fully saturated rings. The van der Waals surface area contributed by atoms with E-state index in [-0.39, 0.29) is 51.5 Å². The van der Waals surface area contributed by atoms with Crippen LogP contribution in [0.4, 0.5) is 23.0 Å². The quantitative estimate of drug-likeness (QED) is 0.238. The van der Waals surface area contributed by atoms with Crippen molar-refractivity contribution >= 4 is 42.7 Å². The molecule has 38 heavy (non-hydrogen) atoms. The summed E-state index contributed by atoms with van der Waals surface area (Å²) in [4.78, 5) is 4.43. The van der Waals surface area contributed by atoms with Crippen LogP contribution in [-0.2, 0) is 24.4 Å². The van der Waals surface area contributed by atoms with Crippen LogP contribution in [0, 0.1) is 18.3 Å². The van der Waals surface area contributed by atoms with E-state index in [1.807, 2.05) is 0 Å². The van der Waals surface area contributed by atoms with Gasteiger partial charge in [-0.2, -0.15) is 5.26 Å². The lowest BCUT2D eigenvalue weighted by molar-refractivity contribution is 0.198. The summed E-state index contributed by atoms with van der Waals surface area (Å²) in [7, 11) is -4.19. The minimum absolute atomic E-state index is 0.00121. The second-order valence-electron chi connectivity index (χ2n) is 7.75. The summed E-state index contributed by atoms with van der Waals surface area (Å²) in [5.41, 5.74) is 0.938. The van der Waals surface area contributed by atoms with Crippen molar-refractivity contribution in [3.05, 3.63) is 53.3 Å². The lowest BCUT2D eigenvalue weighted by atomic mass is 10.1. The SMILES string of the molecule is C=CS(=O)(=O)CCNc1nc(NCCCOC)c(/N=N/c2cc(S(=O)(=O)C=C)ccc2OC)c(C)c1C#N. The monoisotopic (exact) mass is 562 g/mol. The van der Waals surface area contributed by atoms with Gasteiger partial charge in [0.05, 0.1) is 23.3 Å². The molecule has 0 atom stereocenters. The fourth-order valence-electron chi connectivity index (χ4n) is 3.15. The first-order valence-electron chi connectivity index (χ1n) is 11.3. The maximum atomic E-state index is 12.2. The highest BCUT2D eigenvalue weighted by Gasteiger charge is 2.19. The van der Waals surface area contributed by atoms with Crippen LogP contribution in [0.25, 0.3) is 0 Å². The molecule has 1 aromatic carbocycles. The van der Waals surface area contributed by atoms with Gasteiger partial charge < -0.3 is 20.1 Å². The molecule has 0 aliphatic rings. The molecule has 14 heteroatoms. The zero-order valence-electron chi connectivity index (χ0n) is 21.4. The Bertz CT molecular complexity index is 1460. The average molecular weight is 563 g/mol. The van der Waals surface area contributed by atoms with Crippen molar-refractivity contribution in [3.63, 3.8) is 0 Å². The van der Waals surface area contributed by atoms with E-state index in [0.717, 1.165) is 10.8 Å². The van der Waals surface area contributed by atoms with Crippen molar-refractivity contribution in [1.29, 1.82) is 5.26 Å². The van der Waals surface area contributed by atoms with Crippen molar-refractivity contribution in [2.24, 2.45) is 10.2 Å². The number of nitriles is 1. The Morgan fingerprint density at radius 3 is 2.39 bits per heavy atom. The summed E-state index contributed by atoms with van der Waals surface area (Å²) >= 11 is 0. The number of hydrogen-bond donors (Lipinski definition) is 2. The smallest absolute Gasteiger partial charge is 0.199 e. The van der Waals surface area contributed by atoms with Crippen LogP contribution in [0.3, 0.4) is 0 Å². The number of sulfone groups is 2. The molecule has 2 aromatic rings. The molecule has 1 aromatic heterocycles. The predicted molar refractivity (Wildman–Crippen MR) is 146 cm³/mol. The highest BCUT2D eigenvalue weighted by Crippen LogP contribution is 2.37. The van der Waals surface area contributed by atoms with Gasteiger partial charge in [-0.3, -0.25) is 0 Å². The van der Waals surface area contributed by atoms with Crippen molar-refractivity contribution < 1.29 is 26.3 Å². The number of nitrogens with zero attached hydrogens (tertiary/aromatic N) is 4. The second-order valence-corrected chi connectivity index (χ2v) is 11.7. The number of pyridine rings is 1. The molecule has 0 saturated heterocycles. The molecule has 0 unspecified atom stereocenters. The topological polar surface area (TPSA) is 172 Å². The van der Waals surface area contributed by atoms with Gasteiger partial charge in [0.2, 0.25) is 0 Å². The minimum atomic E-state index is -3.73. The van der Waals surface area contributed by atoms with Crippen molar-refractivity contribution in [3.8, 4) is 11.8 Å². The summed E-state index contributed by atoms with van der Waals surface area (Å²) in [5.74, 6) is 0.502. The summed E-state index contributed by atoms with van der Waals surface area (Å²) in [6.45, 7) is 9.22. The number of ether oxygens (including phenoxy) is 2. The normalized spacial score (nSPS) is 11.6. The van der Waals surface area contributed by atoms with Gasteiger partial charge in [-0.05, 0) is 31.5 Å². The lowest BCUT2D eigenvalue weighted by Gasteiger charge is -2.15. The van der Waals surface area contributed by atoms with Gasteiger partial charge in [0.25, 0.3) is 0 Å². The Morgan fingerprint density at radius 2 is 1.79 bits per heavy atom. The molecule has 1 heterocycles. The summed E-state index contributed by atoms with van der Waals surface area (Å²) < 4.78 is 58.4. The molecular weight excluding hydrogens is 532 g/mol. The van der Waals surface area contributed by atoms with Crippen LogP contribution in [0.15, 0.2) is 57.3 Å². The number of anilines is 2. The first kappa shape index (κ1) is 30.4. The standard InChI is InChI=1S/C24H30N6O6S2/c1-6-37(31,32)14-12-27-23-19(16-25)17(3)22(24(28-23)26-11-8-13-35-4)30-29-20-15-18(38(33,34)7-2)9-10-21(20)36-5/h6-7,9-10,15H,1-2,8,11-14H2,3-5H3,(H2,26,27,28)/b30-29+. The molecule has 0 aliphatic carbocycles. The maximum Gasteiger partial charge on any atom is 0.199 e. The van der Waals surface area contributed by atoms with Crippen LogP contribution in [0.2, 0.25) is 0 Å². The molecular formula is C24H30N6O6S2. The molecule has 2 rings (SSSR count). The molecule has 0 saturated carbocycles. The third kappa shape index (κ3) is 7.85. The first-order valence-corrected chi connectivity index (χ1v) is 14.5. The zero-order valence-corrected chi connectivity index (χ0v) is 23.0. The van der Waals surface area contributed by atoms with Crippen LogP contribution in [0.5, 0.6) is 5.75 Å². The number of aromatic nitrogens is 1. The molecule has 204 valence electrons. The third-order valence-corrected chi connectivity index (χ3v) is 7.86. The number of hydrogen-bond acceptors (Lipinski definition) is 12. The molecule has 0 aliphatic heterocycles. The molecule has 0 amide bonds. The Hall–Kier alpha value is -3.80. The van der Waals surface area contributed by atoms with E-state index in [1.165, 1.54) is 25.3 Å². The molecule has 0 bridgehead atoms. The zero-order chi connectivity index (χ0) is 28.3. The molecule has 0 spiro atoms. The van der Waals surface area contributed by atoms with Gasteiger partial charge in [0.1, 0.15) is 29.0 Å². The van der Waals surface area contributed by atoms with Crippen molar-refractivity contribution in [2.75, 3.05) is 50.3 Å². The maximum absolute atomic E-state index is 12.2.